The van der Waals surface area contributed by atoms with E-state index in [-0.39, 0.29) is 11.3 Å². The minimum atomic E-state index is -1.43. The molecule has 0 aliphatic heterocycles. The number of nitrogens with one attached hydrogen (secondary N) is 1. The number of aromatic carboxylic acids is 1. The number of carboxylic acids is 1. The van der Waals surface area contributed by atoms with Gasteiger partial charge in [0.1, 0.15) is 6.67 Å². The summed E-state index contributed by atoms with van der Waals surface area (Å²) in [5, 5.41) is 11.1. The molecule has 0 aliphatic carbocycles. The van der Waals surface area contributed by atoms with E-state index in [9.17, 15) is 18.4 Å². The van der Waals surface area contributed by atoms with Crippen molar-refractivity contribution in [3.63, 3.8) is 0 Å². The number of carbonyl (C=O) groups is 2. The predicted octanol–water partition coefficient (Wildman–Crippen LogP) is 3.25. The molecule has 1 amide bonds. The summed E-state index contributed by atoms with van der Waals surface area (Å²) < 4.78 is 26.4. The highest BCUT2D eigenvalue weighted by atomic mass is 19.1. The Bertz CT molecular complexity index is 701. The third-order valence-electron chi connectivity index (χ3n) is 2.82. The van der Waals surface area contributed by atoms with E-state index in [4.69, 9.17) is 5.11 Å². The number of halogens is 2. The SMILES string of the molecule is O=C(Nc1cccc(C(=O)O)c1F)c1cccc(CF)c1. The van der Waals surface area contributed by atoms with Crippen LogP contribution >= 0.6 is 0 Å². The Hall–Kier alpha value is -2.76. The van der Waals surface area contributed by atoms with Gasteiger partial charge in [0.2, 0.25) is 0 Å². The zero-order chi connectivity index (χ0) is 15.4. The Morgan fingerprint density at radius 3 is 2.52 bits per heavy atom. The molecule has 2 aromatic rings. The molecular formula is C15H11F2NO3. The molecule has 0 aliphatic rings. The Morgan fingerprint density at radius 2 is 1.86 bits per heavy atom. The van der Waals surface area contributed by atoms with Crippen molar-refractivity contribution in [2.45, 2.75) is 6.67 Å². The summed E-state index contributed by atoms with van der Waals surface area (Å²) in [6.07, 6.45) is 0. The van der Waals surface area contributed by atoms with Gasteiger partial charge in [0.25, 0.3) is 5.91 Å². The summed E-state index contributed by atoms with van der Waals surface area (Å²) in [4.78, 5) is 22.8. The lowest BCUT2D eigenvalue weighted by atomic mass is 10.1. The molecule has 0 spiro atoms. The van der Waals surface area contributed by atoms with Gasteiger partial charge in [0.05, 0.1) is 11.3 Å². The molecule has 21 heavy (non-hydrogen) atoms. The number of amides is 1. The maximum atomic E-state index is 13.9. The summed E-state index contributed by atoms with van der Waals surface area (Å²) >= 11 is 0. The summed E-state index contributed by atoms with van der Waals surface area (Å²) in [6, 6.07) is 9.48. The van der Waals surface area contributed by atoms with Crippen LogP contribution < -0.4 is 5.32 Å². The predicted molar refractivity (Wildman–Crippen MR) is 72.6 cm³/mol. The van der Waals surface area contributed by atoms with Crippen LogP contribution in [0.3, 0.4) is 0 Å². The quantitative estimate of drug-likeness (QED) is 0.908. The molecule has 0 aromatic heterocycles. The normalized spacial score (nSPS) is 10.2. The van der Waals surface area contributed by atoms with Crippen molar-refractivity contribution >= 4 is 17.6 Å². The van der Waals surface area contributed by atoms with Crippen LogP contribution in [-0.4, -0.2) is 17.0 Å². The van der Waals surface area contributed by atoms with Crippen molar-refractivity contribution in [2.75, 3.05) is 5.32 Å². The van der Waals surface area contributed by atoms with Crippen LogP contribution in [0.4, 0.5) is 14.5 Å². The first-order valence-electron chi connectivity index (χ1n) is 6.01. The maximum absolute atomic E-state index is 13.9. The van der Waals surface area contributed by atoms with Crippen molar-refractivity contribution in [2.24, 2.45) is 0 Å². The fraction of sp³-hybridized carbons (Fsp3) is 0.0667. The van der Waals surface area contributed by atoms with Crippen LogP contribution in [0.5, 0.6) is 0 Å². The molecule has 2 N–H and O–H groups in total. The maximum Gasteiger partial charge on any atom is 0.338 e. The highest BCUT2D eigenvalue weighted by molar-refractivity contribution is 6.05. The Morgan fingerprint density at radius 1 is 1.14 bits per heavy atom. The summed E-state index contributed by atoms with van der Waals surface area (Å²) in [6.45, 7) is -0.718. The van der Waals surface area contributed by atoms with E-state index in [0.717, 1.165) is 6.07 Å². The van der Waals surface area contributed by atoms with Gasteiger partial charge in [-0.3, -0.25) is 4.79 Å². The number of benzene rings is 2. The molecule has 2 aromatic carbocycles. The van der Waals surface area contributed by atoms with Crippen LogP contribution in [0.2, 0.25) is 0 Å². The minimum Gasteiger partial charge on any atom is -0.478 e. The molecule has 0 saturated carbocycles. The molecule has 0 bridgehead atoms. The fourth-order valence-corrected chi connectivity index (χ4v) is 1.78. The molecule has 0 atom stereocenters. The highest BCUT2D eigenvalue weighted by Crippen LogP contribution is 2.19. The van der Waals surface area contributed by atoms with E-state index in [2.05, 4.69) is 5.32 Å². The van der Waals surface area contributed by atoms with Crippen LogP contribution in [0, 0.1) is 5.82 Å². The number of carboxylic acid groups (broad SMARTS) is 1. The molecule has 0 saturated heterocycles. The van der Waals surface area contributed by atoms with Crippen molar-refractivity contribution in [1.29, 1.82) is 0 Å². The van der Waals surface area contributed by atoms with E-state index < -0.39 is 29.9 Å². The second kappa shape index (κ2) is 6.13. The minimum absolute atomic E-state index is 0.158. The fourth-order valence-electron chi connectivity index (χ4n) is 1.78. The molecule has 2 rings (SSSR count). The van der Waals surface area contributed by atoms with Crippen LogP contribution in [0.1, 0.15) is 26.3 Å². The van der Waals surface area contributed by atoms with Crippen molar-refractivity contribution in [1.82, 2.24) is 0 Å². The van der Waals surface area contributed by atoms with E-state index >= 15 is 0 Å². The second-order valence-electron chi connectivity index (χ2n) is 4.26. The molecular weight excluding hydrogens is 280 g/mol. The lowest BCUT2D eigenvalue weighted by Gasteiger charge is -2.08. The average Bonchev–Trinajstić information content (AvgIpc) is 2.49. The van der Waals surface area contributed by atoms with Gasteiger partial charge in [-0.1, -0.05) is 18.2 Å². The molecule has 0 fully saturated rings. The van der Waals surface area contributed by atoms with Gasteiger partial charge < -0.3 is 10.4 Å². The molecule has 0 radical (unpaired) electrons. The number of hydrogen-bond acceptors (Lipinski definition) is 2. The molecule has 4 nitrogen and oxygen atoms in total. The smallest absolute Gasteiger partial charge is 0.338 e. The first kappa shape index (κ1) is 14.6. The Labute approximate surface area is 119 Å². The number of hydrogen-bond donors (Lipinski definition) is 2. The third-order valence-corrected chi connectivity index (χ3v) is 2.82. The molecule has 0 unspecified atom stereocenters. The van der Waals surface area contributed by atoms with Gasteiger partial charge in [-0.2, -0.15) is 0 Å². The number of carbonyl (C=O) groups excluding carboxylic acids is 1. The van der Waals surface area contributed by atoms with Gasteiger partial charge in [-0.05, 0) is 29.8 Å². The van der Waals surface area contributed by atoms with Gasteiger partial charge in [-0.25, -0.2) is 13.6 Å². The lowest BCUT2D eigenvalue weighted by Crippen LogP contribution is -2.14. The third kappa shape index (κ3) is 3.22. The van der Waals surface area contributed by atoms with Gasteiger partial charge in [0.15, 0.2) is 5.82 Å². The summed E-state index contributed by atoms with van der Waals surface area (Å²) in [7, 11) is 0. The van der Waals surface area contributed by atoms with Crippen molar-refractivity contribution in [3.05, 3.63) is 65.0 Å². The van der Waals surface area contributed by atoms with Crippen LogP contribution in [-0.2, 0) is 6.67 Å². The van der Waals surface area contributed by atoms with Gasteiger partial charge >= 0.3 is 5.97 Å². The van der Waals surface area contributed by atoms with E-state index in [1.165, 1.54) is 36.4 Å². The van der Waals surface area contributed by atoms with Gasteiger partial charge in [-0.15, -0.1) is 0 Å². The first-order chi connectivity index (χ1) is 10.0. The van der Waals surface area contributed by atoms with Crippen molar-refractivity contribution < 1.29 is 23.5 Å². The zero-order valence-corrected chi connectivity index (χ0v) is 10.8. The van der Waals surface area contributed by atoms with E-state index in [1.54, 1.807) is 0 Å². The standard InChI is InChI=1S/C15H11F2NO3/c16-8-9-3-1-4-10(7-9)14(19)18-12-6-2-5-11(13(12)17)15(20)21/h1-7H,8H2,(H,18,19)(H,20,21). The van der Waals surface area contributed by atoms with Gasteiger partial charge in [0, 0.05) is 5.56 Å². The lowest BCUT2D eigenvalue weighted by molar-refractivity contribution is 0.0691. The Kier molecular flexibility index (Phi) is 4.27. The monoisotopic (exact) mass is 291 g/mol. The topological polar surface area (TPSA) is 66.4 Å². The number of rotatable bonds is 4. The van der Waals surface area contributed by atoms with E-state index in [1.807, 2.05) is 0 Å². The summed E-state index contributed by atoms with van der Waals surface area (Å²) in [5.41, 5.74) is -0.302. The van der Waals surface area contributed by atoms with E-state index in [0.29, 0.717) is 5.56 Å². The van der Waals surface area contributed by atoms with Crippen LogP contribution in [0.15, 0.2) is 42.5 Å². The highest BCUT2D eigenvalue weighted by Gasteiger charge is 2.16. The molecule has 0 heterocycles. The van der Waals surface area contributed by atoms with Crippen molar-refractivity contribution in [3.8, 4) is 0 Å². The van der Waals surface area contributed by atoms with Crippen LogP contribution in [0.25, 0.3) is 0 Å². The molecule has 6 heteroatoms. The number of anilines is 1. The Balaban J connectivity index is 2.27. The molecule has 108 valence electrons. The number of alkyl halides is 1. The second-order valence-corrected chi connectivity index (χ2v) is 4.26. The largest absolute Gasteiger partial charge is 0.478 e. The summed E-state index contributed by atoms with van der Waals surface area (Å²) in [5.74, 6) is -3.10. The average molecular weight is 291 g/mol. The first-order valence-corrected chi connectivity index (χ1v) is 6.01. The zero-order valence-electron chi connectivity index (χ0n) is 10.8.